The Morgan fingerprint density at radius 3 is 2.82 bits per heavy atom. The molecule has 1 aliphatic carbocycles. The third-order valence-electron chi connectivity index (χ3n) is 3.02. The minimum atomic E-state index is -0.507. The Morgan fingerprint density at radius 2 is 2.29 bits per heavy atom. The molecule has 7 heteroatoms. The summed E-state index contributed by atoms with van der Waals surface area (Å²) in [7, 11) is 0. The van der Waals surface area contributed by atoms with Crippen LogP contribution >= 0.6 is 0 Å². The zero-order chi connectivity index (χ0) is 12.5. The van der Waals surface area contributed by atoms with Gasteiger partial charge in [0.1, 0.15) is 5.82 Å². The van der Waals surface area contributed by atoms with Crippen LogP contribution in [0.25, 0.3) is 0 Å². The van der Waals surface area contributed by atoms with Gasteiger partial charge in [-0.25, -0.2) is 4.98 Å². The Bertz CT molecular complexity index is 445. The van der Waals surface area contributed by atoms with E-state index >= 15 is 0 Å². The van der Waals surface area contributed by atoms with Crippen LogP contribution in [0.3, 0.4) is 0 Å². The van der Waals surface area contributed by atoms with Crippen molar-refractivity contribution < 1.29 is 10.0 Å². The predicted octanol–water partition coefficient (Wildman–Crippen LogP) is 0.756. The number of hydrogen-bond acceptors (Lipinski definition) is 6. The molecule has 0 bridgehead atoms. The van der Waals surface area contributed by atoms with Crippen LogP contribution in [0.2, 0.25) is 0 Å². The first-order valence-corrected chi connectivity index (χ1v) is 5.32. The summed E-state index contributed by atoms with van der Waals surface area (Å²) in [4.78, 5) is 14.2. The van der Waals surface area contributed by atoms with Crippen LogP contribution in [0.1, 0.15) is 12.8 Å². The van der Waals surface area contributed by atoms with E-state index in [4.69, 9.17) is 10.8 Å². The zero-order valence-electron chi connectivity index (χ0n) is 9.22. The number of anilines is 2. The topological polar surface area (TPSA) is 114 Å². The summed E-state index contributed by atoms with van der Waals surface area (Å²) in [6.07, 6.45) is 1.85. The summed E-state index contributed by atoms with van der Waals surface area (Å²) < 4.78 is 0. The normalized spacial score (nSPS) is 16.5. The van der Waals surface area contributed by atoms with Crippen molar-refractivity contribution in [1.29, 1.82) is 0 Å². The minimum absolute atomic E-state index is 0.0795. The monoisotopic (exact) mass is 238 g/mol. The highest BCUT2D eigenvalue weighted by Gasteiger charge is 2.42. The molecule has 0 aromatic carbocycles. The smallest absolute Gasteiger partial charge is 0.311 e. The molecule has 0 unspecified atom stereocenters. The number of aliphatic hydroxyl groups excluding tert-OH is 1. The van der Waals surface area contributed by atoms with Crippen LogP contribution < -0.4 is 11.1 Å². The van der Waals surface area contributed by atoms with Crippen LogP contribution in [0.5, 0.6) is 0 Å². The van der Waals surface area contributed by atoms with E-state index in [9.17, 15) is 10.1 Å². The van der Waals surface area contributed by atoms with E-state index in [-0.39, 0.29) is 29.3 Å². The standard InChI is InChI=1S/C10H14N4O3/c11-8-2-1-7(14(16)17)9(13-8)12-5-10(6-15)3-4-10/h1-2,15H,3-6H2,(H3,11,12,13). The lowest BCUT2D eigenvalue weighted by Crippen LogP contribution is -2.20. The summed E-state index contributed by atoms with van der Waals surface area (Å²) >= 11 is 0. The average Bonchev–Trinajstić information content (AvgIpc) is 3.07. The Labute approximate surface area is 97.8 Å². The van der Waals surface area contributed by atoms with Gasteiger partial charge < -0.3 is 16.2 Å². The number of nitrogens with two attached hydrogens (primary N) is 1. The lowest BCUT2D eigenvalue weighted by Gasteiger charge is -2.13. The Hall–Kier alpha value is -1.89. The molecule has 0 aliphatic heterocycles. The van der Waals surface area contributed by atoms with Gasteiger partial charge in [-0.2, -0.15) is 0 Å². The van der Waals surface area contributed by atoms with Gasteiger partial charge in [0.15, 0.2) is 0 Å². The van der Waals surface area contributed by atoms with Gasteiger partial charge in [0, 0.05) is 18.0 Å². The van der Waals surface area contributed by atoms with Gasteiger partial charge in [-0.1, -0.05) is 0 Å². The fourth-order valence-corrected chi connectivity index (χ4v) is 1.58. The van der Waals surface area contributed by atoms with E-state index in [2.05, 4.69) is 10.3 Å². The maximum Gasteiger partial charge on any atom is 0.311 e. The molecule has 0 atom stereocenters. The molecule has 1 saturated carbocycles. The fraction of sp³-hybridized carbons (Fsp3) is 0.500. The van der Waals surface area contributed by atoms with Gasteiger partial charge in [-0.15, -0.1) is 0 Å². The molecule has 0 radical (unpaired) electrons. The second-order valence-corrected chi connectivity index (χ2v) is 4.37. The van der Waals surface area contributed by atoms with E-state index in [1.807, 2.05) is 0 Å². The molecule has 7 nitrogen and oxygen atoms in total. The molecule has 92 valence electrons. The number of aromatic nitrogens is 1. The SMILES string of the molecule is Nc1ccc([N+](=O)[O-])c(NCC2(CO)CC2)n1. The number of aliphatic hydroxyl groups is 1. The number of hydrogen-bond donors (Lipinski definition) is 3. The van der Waals surface area contributed by atoms with Gasteiger partial charge in [0.25, 0.3) is 0 Å². The predicted molar refractivity (Wildman–Crippen MR) is 62.5 cm³/mol. The number of nitrogens with one attached hydrogen (secondary N) is 1. The van der Waals surface area contributed by atoms with Crippen LogP contribution in [-0.4, -0.2) is 28.2 Å². The van der Waals surface area contributed by atoms with Crippen molar-refractivity contribution in [2.24, 2.45) is 5.41 Å². The third-order valence-corrected chi connectivity index (χ3v) is 3.02. The van der Waals surface area contributed by atoms with Crippen molar-refractivity contribution in [3.05, 3.63) is 22.2 Å². The number of nitro groups is 1. The van der Waals surface area contributed by atoms with Crippen LogP contribution in [0, 0.1) is 15.5 Å². The summed E-state index contributed by atoms with van der Waals surface area (Å²) in [5.41, 5.74) is 5.25. The molecule has 2 rings (SSSR count). The Kier molecular flexibility index (Phi) is 2.84. The van der Waals surface area contributed by atoms with Crippen molar-refractivity contribution in [2.75, 3.05) is 24.2 Å². The number of nitrogens with zero attached hydrogens (tertiary/aromatic N) is 2. The van der Waals surface area contributed by atoms with Gasteiger partial charge in [0.05, 0.1) is 11.5 Å². The second kappa shape index (κ2) is 4.17. The average molecular weight is 238 g/mol. The van der Waals surface area contributed by atoms with E-state index < -0.39 is 4.92 Å². The lowest BCUT2D eigenvalue weighted by molar-refractivity contribution is -0.384. The first-order valence-electron chi connectivity index (χ1n) is 5.32. The first-order chi connectivity index (χ1) is 8.06. The van der Waals surface area contributed by atoms with Crippen molar-refractivity contribution >= 4 is 17.3 Å². The molecular formula is C10H14N4O3. The summed E-state index contributed by atoms with van der Waals surface area (Å²) in [6.45, 7) is 0.552. The summed E-state index contributed by atoms with van der Waals surface area (Å²) in [6, 6.07) is 2.71. The molecule has 1 aromatic rings. The third kappa shape index (κ3) is 2.44. The lowest BCUT2D eigenvalue weighted by atomic mass is 10.1. The Balaban J connectivity index is 2.13. The highest BCUT2D eigenvalue weighted by Crippen LogP contribution is 2.45. The fourth-order valence-electron chi connectivity index (χ4n) is 1.58. The Morgan fingerprint density at radius 1 is 1.59 bits per heavy atom. The zero-order valence-corrected chi connectivity index (χ0v) is 9.22. The first kappa shape index (κ1) is 11.6. The number of nitrogen functional groups attached to an aromatic ring is 1. The highest BCUT2D eigenvalue weighted by molar-refractivity contribution is 5.59. The van der Waals surface area contributed by atoms with E-state index in [1.54, 1.807) is 0 Å². The van der Waals surface area contributed by atoms with Crippen LogP contribution in [-0.2, 0) is 0 Å². The maximum absolute atomic E-state index is 10.8. The molecule has 0 amide bonds. The van der Waals surface area contributed by atoms with Crippen molar-refractivity contribution in [3.63, 3.8) is 0 Å². The number of rotatable bonds is 5. The van der Waals surface area contributed by atoms with Gasteiger partial charge >= 0.3 is 5.69 Å². The summed E-state index contributed by atoms with van der Waals surface area (Å²) in [5.74, 6) is 0.390. The van der Waals surface area contributed by atoms with Crippen molar-refractivity contribution in [2.45, 2.75) is 12.8 Å². The van der Waals surface area contributed by atoms with Gasteiger partial charge in [0.2, 0.25) is 5.82 Å². The molecule has 1 aromatic heterocycles. The van der Waals surface area contributed by atoms with E-state index in [1.165, 1.54) is 12.1 Å². The number of pyridine rings is 1. The van der Waals surface area contributed by atoms with E-state index in [0.29, 0.717) is 6.54 Å². The largest absolute Gasteiger partial charge is 0.396 e. The van der Waals surface area contributed by atoms with Crippen LogP contribution in [0.4, 0.5) is 17.3 Å². The summed E-state index contributed by atoms with van der Waals surface area (Å²) in [5, 5.41) is 22.8. The second-order valence-electron chi connectivity index (χ2n) is 4.37. The molecule has 0 saturated heterocycles. The molecule has 0 spiro atoms. The maximum atomic E-state index is 10.8. The van der Waals surface area contributed by atoms with Crippen molar-refractivity contribution in [1.82, 2.24) is 4.98 Å². The molecule has 17 heavy (non-hydrogen) atoms. The quantitative estimate of drug-likeness (QED) is 0.515. The molecule has 1 fully saturated rings. The molecular weight excluding hydrogens is 224 g/mol. The molecule has 4 N–H and O–H groups in total. The highest BCUT2D eigenvalue weighted by atomic mass is 16.6. The van der Waals surface area contributed by atoms with Crippen molar-refractivity contribution in [3.8, 4) is 0 Å². The molecule has 1 heterocycles. The molecule has 1 aliphatic rings. The minimum Gasteiger partial charge on any atom is -0.396 e. The van der Waals surface area contributed by atoms with Gasteiger partial charge in [-0.3, -0.25) is 10.1 Å². The van der Waals surface area contributed by atoms with E-state index in [0.717, 1.165) is 12.8 Å². The van der Waals surface area contributed by atoms with Crippen LogP contribution in [0.15, 0.2) is 12.1 Å². The van der Waals surface area contributed by atoms with Gasteiger partial charge in [-0.05, 0) is 18.9 Å².